The maximum atomic E-state index is 12.3. The van der Waals surface area contributed by atoms with E-state index in [4.69, 9.17) is 16.3 Å². The number of aromatic nitrogens is 2. The summed E-state index contributed by atoms with van der Waals surface area (Å²) in [4.78, 5) is 21.1. The molecule has 1 N–H and O–H groups in total. The number of hydrogen-bond donors (Lipinski definition) is 1. The third kappa shape index (κ3) is 4.39. The predicted molar refractivity (Wildman–Crippen MR) is 98.2 cm³/mol. The van der Waals surface area contributed by atoms with E-state index in [-0.39, 0.29) is 5.91 Å². The van der Waals surface area contributed by atoms with Gasteiger partial charge in [-0.15, -0.1) is 0 Å². The van der Waals surface area contributed by atoms with Gasteiger partial charge in [-0.2, -0.15) is 0 Å². The summed E-state index contributed by atoms with van der Waals surface area (Å²) in [5.74, 6) is 0.357. The van der Waals surface area contributed by atoms with Crippen LogP contribution in [0.15, 0.2) is 23.4 Å². The van der Waals surface area contributed by atoms with Gasteiger partial charge in [0, 0.05) is 17.8 Å². The minimum atomic E-state index is -0.108. The first-order chi connectivity index (χ1) is 11.5. The van der Waals surface area contributed by atoms with Crippen LogP contribution >= 0.6 is 23.4 Å². The van der Waals surface area contributed by atoms with E-state index in [1.165, 1.54) is 18.9 Å². The van der Waals surface area contributed by atoms with Crippen molar-refractivity contribution in [1.82, 2.24) is 9.97 Å². The molecule has 0 spiro atoms. The van der Waals surface area contributed by atoms with E-state index in [1.807, 2.05) is 20.1 Å². The molecule has 1 amide bonds. The van der Waals surface area contributed by atoms with Gasteiger partial charge in [0.25, 0.3) is 0 Å². The molecule has 0 bridgehead atoms. The first-order valence-electron chi connectivity index (χ1n) is 7.46. The van der Waals surface area contributed by atoms with Gasteiger partial charge in [0.05, 0.1) is 17.8 Å². The minimum Gasteiger partial charge on any atom is -0.493 e. The summed E-state index contributed by atoms with van der Waals surface area (Å²) in [5, 5.41) is 4.05. The van der Waals surface area contributed by atoms with E-state index in [0.717, 1.165) is 22.1 Å². The number of nitrogens with zero attached hydrogens (tertiary/aromatic N) is 2. The van der Waals surface area contributed by atoms with Crippen molar-refractivity contribution in [2.24, 2.45) is 0 Å². The molecule has 2 rings (SSSR count). The molecule has 7 heteroatoms. The fourth-order valence-electron chi connectivity index (χ4n) is 2.43. The third-order valence-corrected chi connectivity index (χ3v) is 4.48. The van der Waals surface area contributed by atoms with Crippen molar-refractivity contribution in [1.29, 1.82) is 0 Å². The average Bonchev–Trinajstić information content (AvgIpc) is 2.54. The molecular weight excluding hydrogens is 346 g/mol. The second kappa shape index (κ2) is 8.35. The number of amides is 1. The van der Waals surface area contributed by atoms with Crippen LogP contribution in [-0.4, -0.2) is 29.2 Å². The summed E-state index contributed by atoms with van der Waals surface area (Å²) in [6, 6.07) is 5.24. The van der Waals surface area contributed by atoms with Crippen LogP contribution in [0.2, 0.25) is 5.02 Å². The quantitative estimate of drug-likeness (QED) is 0.618. The first kappa shape index (κ1) is 18.5. The molecule has 128 valence electrons. The number of anilines is 1. The fraction of sp³-hybridized carbons (Fsp3) is 0.353. The number of methoxy groups -OCH3 is 1. The monoisotopic (exact) mass is 365 g/mol. The van der Waals surface area contributed by atoms with Crippen LogP contribution in [0.1, 0.15) is 23.4 Å². The van der Waals surface area contributed by atoms with E-state index >= 15 is 0 Å². The molecule has 0 aliphatic carbocycles. The zero-order valence-electron chi connectivity index (χ0n) is 14.1. The Bertz CT molecular complexity index is 730. The molecule has 2 aromatic rings. The highest BCUT2D eigenvalue weighted by Gasteiger charge is 2.13. The van der Waals surface area contributed by atoms with Crippen molar-refractivity contribution in [3.63, 3.8) is 0 Å². The summed E-state index contributed by atoms with van der Waals surface area (Å²) >= 11 is 7.57. The highest BCUT2D eigenvalue weighted by atomic mass is 35.5. The topological polar surface area (TPSA) is 64.1 Å². The summed E-state index contributed by atoms with van der Waals surface area (Å²) < 4.78 is 5.23. The van der Waals surface area contributed by atoms with Gasteiger partial charge >= 0.3 is 0 Å². The maximum Gasteiger partial charge on any atom is 0.224 e. The Kier molecular flexibility index (Phi) is 6.45. The van der Waals surface area contributed by atoms with Gasteiger partial charge < -0.3 is 10.1 Å². The normalized spacial score (nSPS) is 10.5. The van der Waals surface area contributed by atoms with Crippen LogP contribution in [0.4, 0.5) is 5.69 Å². The number of benzene rings is 1. The van der Waals surface area contributed by atoms with Crippen molar-refractivity contribution < 1.29 is 9.53 Å². The molecule has 0 saturated carbocycles. The fourth-order valence-corrected chi connectivity index (χ4v) is 3.14. The number of halogens is 1. The Morgan fingerprint density at radius 1 is 1.29 bits per heavy atom. The number of para-hydroxylation sites is 1. The van der Waals surface area contributed by atoms with Crippen LogP contribution in [-0.2, 0) is 11.2 Å². The van der Waals surface area contributed by atoms with Crippen molar-refractivity contribution in [2.75, 3.05) is 18.7 Å². The molecule has 5 nitrogen and oxygen atoms in total. The third-order valence-electron chi connectivity index (χ3n) is 3.63. The molecule has 0 aliphatic heterocycles. The molecule has 0 fully saturated rings. The molecule has 1 heterocycles. The molecule has 1 aromatic carbocycles. The van der Waals surface area contributed by atoms with Crippen LogP contribution in [0, 0.1) is 13.8 Å². The lowest BCUT2D eigenvalue weighted by Crippen LogP contribution is -2.14. The van der Waals surface area contributed by atoms with Gasteiger partial charge in [0.15, 0.2) is 10.9 Å². The second-order valence-corrected chi connectivity index (χ2v) is 6.41. The van der Waals surface area contributed by atoms with Crippen LogP contribution < -0.4 is 10.1 Å². The van der Waals surface area contributed by atoms with E-state index in [2.05, 4.69) is 15.3 Å². The van der Waals surface area contributed by atoms with Gasteiger partial charge in [-0.05, 0) is 44.2 Å². The molecule has 0 saturated heterocycles. The molecular formula is C17H20ClN3O2S. The maximum absolute atomic E-state index is 12.3. The molecule has 1 aromatic heterocycles. The Labute approximate surface area is 151 Å². The minimum absolute atomic E-state index is 0.108. The van der Waals surface area contributed by atoms with E-state index in [1.54, 1.807) is 18.2 Å². The van der Waals surface area contributed by atoms with Crippen molar-refractivity contribution >= 4 is 35.0 Å². The molecule has 0 radical (unpaired) electrons. The number of rotatable bonds is 6. The van der Waals surface area contributed by atoms with Gasteiger partial charge in [0.2, 0.25) is 5.91 Å². The molecule has 0 unspecified atom stereocenters. The number of nitrogens with one attached hydrogen (secondary N) is 1. The van der Waals surface area contributed by atoms with E-state index in [0.29, 0.717) is 29.3 Å². The van der Waals surface area contributed by atoms with Crippen LogP contribution in [0.25, 0.3) is 0 Å². The Morgan fingerprint density at radius 2 is 1.96 bits per heavy atom. The van der Waals surface area contributed by atoms with Crippen LogP contribution in [0.5, 0.6) is 5.75 Å². The highest BCUT2D eigenvalue weighted by Crippen LogP contribution is 2.32. The lowest BCUT2D eigenvalue weighted by atomic mass is 10.1. The first-order valence-corrected chi connectivity index (χ1v) is 9.07. The van der Waals surface area contributed by atoms with Crippen molar-refractivity contribution in [2.45, 2.75) is 31.8 Å². The lowest BCUT2D eigenvalue weighted by molar-refractivity contribution is -0.116. The number of carbonyl (C=O) groups is 1. The van der Waals surface area contributed by atoms with Crippen molar-refractivity contribution in [3.05, 3.63) is 40.2 Å². The van der Waals surface area contributed by atoms with Gasteiger partial charge in [-0.25, -0.2) is 9.97 Å². The number of aryl methyl sites for hydroxylation is 2. The Balaban J connectivity index is 2.06. The summed E-state index contributed by atoms with van der Waals surface area (Å²) in [6.45, 7) is 3.89. The van der Waals surface area contributed by atoms with Crippen LogP contribution in [0.3, 0.4) is 0 Å². The average molecular weight is 366 g/mol. The number of ether oxygens (including phenoxy) is 1. The summed E-state index contributed by atoms with van der Waals surface area (Å²) in [7, 11) is 1.52. The smallest absolute Gasteiger partial charge is 0.224 e. The second-order valence-electron chi connectivity index (χ2n) is 5.23. The molecule has 0 aliphatic rings. The Morgan fingerprint density at radius 3 is 2.54 bits per heavy atom. The SMILES string of the molecule is COc1c(Cl)cccc1NC(=O)CCc1c(C)nc(SC)nc1C. The van der Waals surface area contributed by atoms with E-state index < -0.39 is 0 Å². The Hall–Kier alpha value is -1.79. The van der Waals surface area contributed by atoms with Gasteiger partial charge in [-0.3, -0.25) is 4.79 Å². The van der Waals surface area contributed by atoms with E-state index in [9.17, 15) is 4.79 Å². The molecule has 24 heavy (non-hydrogen) atoms. The highest BCUT2D eigenvalue weighted by molar-refractivity contribution is 7.98. The zero-order valence-corrected chi connectivity index (χ0v) is 15.7. The molecule has 0 atom stereocenters. The standard InChI is InChI=1S/C17H20ClN3O2S/c1-10-12(11(2)20-17(19-10)24-4)8-9-15(22)21-14-7-5-6-13(18)16(14)23-3/h5-7H,8-9H2,1-4H3,(H,21,22). The zero-order chi connectivity index (χ0) is 17.7. The number of carbonyl (C=O) groups excluding carboxylic acids is 1. The van der Waals surface area contributed by atoms with Crippen molar-refractivity contribution in [3.8, 4) is 5.75 Å². The number of thioether (sulfide) groups is 1. The number of hydrogen-bond acceptors (Lipinski definition) is 5. The lowest BCUT2D eigenvalue weighted by Gasteiger charge is -2.12. The summed E-state index contributed by atoms with van der Waals surface area (Å²) in [5.41, 5.74) is 3.42. The largest absolute Gasteiger partial charge is 0.493 e. The van der Waals surface area contributed by atoms with Gasteiger partial charge in [0.1, 0.15) is 0 Å². The predicted octanol–water partition coefficient (Wildman–Crippen LogP) is 4.05. The summed E-state index contributed by atoms with van der Waals surface area (Å²) in [6.07, 6.45) is 2.86. The van der Waals surface area contributed by atoms with Gasteiger partial charge in [-0.1, -0.05) is 29.4 Å².